The Balaban J connectivity index is 1.96. The molecule has 0 unspecified atom stereocenters. The highest BCUT2D eigenvalue weighted by Gasteiger charge is 2.57. The van der Waals surface area contributed by atoms with Crippen molar-refractivity contribution in [3.63, 3.8) is 0 Å². The summed E-state index contributed by atoms with van der Waals surface area (Å²) in [6.45, 7) is 0.870. The smallest absolute Gasteiger partial charge is 0.0382 e. The topological polar surface area (TPSA) is 29.3 Å². The standard InChI is InChI=1S/C13H24N2/c1-15(2)13(8-14)11-4-9-3-10(6-11)7-12(13)5-9/h9-12H,3-8,14H2,1-2H3. The number of nitrogens with two attached hydrogens (primary N) is 1. The number of hydrogen-bond donors (Lipinski definition) is 1. The van der Waals surface area contributed by atoms with Crippen LogP contribution in [0.15, 0.2) is 0 Å². The predicted molar refractivity (Wildman–Crippen MR) is 62.5 cm³/mol. The van der Waals surface area contributed by atoms with Gasteiger partial charge in [0.1, 0.15) is 0 Å². The van der Waals surface area contributed by atoms with E-state index in [0.29, 0.717) is 5.54 Å². The average molecular weight is 208 g/mol. The summed E-state index contributed by atoms with van der Waals surface area (Å²) in [4.78, 5) is 2.46. The third-order valence-corrected chi connectivity index (χ3v) is 5.71. The fraction of sp³-hybridized carbons (Fsp3) is 1.00. The van der Waals surface area contributed by atoms with Gasteiger partial charge in [-0.05, 0) is 69.9 Å². The minimum Gasteiger partial charge on any atom is -0.329 e. The van der Waals surface area contributed by atoms with Gasteiger partial charge in [0, 0.05) is 12.1 Å². The molecule has 0 aromatic rings. The van der Waals surface area contributed by atoms with Gasteiger partial charge >= 0.3 is 0 Å². The molecule has 0 aromatic carbocycles. The molecule has 4 aliphatic rings. The van der Waals surface area contributed by atoms with E-state index in [4.69, 9.17) is 5.73 Å². The van der Waals surface area contributed by atoms with Crippen LogP contribution >= 0.6 is 0 Å². The molecule has 0 spiro atoms. The van der Waals surface area contributed by atoms with E-state index in [1.807, 2.05) is 0 Å². The van der Waals surface area contributed by atoms with Gasteiger partial charge in [0.15, 0.2) is 0 Å². The van der Waals surface area contributed by atoms with Gasteiger partial charge in [-0.15, -0.1) is 0 Å². The molecule has 0 atom stereocenters. The van der Waals surface area contributed by atoms with Crippen LogP contribution in [0, 0.1) is 23.7 Å². The minimum atomic E-state index is 0.355. The molecule has 4 rings (SSSR count). The molecule has 2 heteroatoms. The van der Waals surface area contributed by atoms with Gasteiger partial charge in [-0.25, -0.2) is 0 Å². The monoisotopic (exact) mass is 208 g/mol. The SMILES string of the molecule is CN(C)C1(CN)C2CC3CC(C2)CC1C3. The fourth-order valence-electron chi connectivity index (χ4n) is 5.25. The second-order valence-electron chi connectivity index (χ2n) is 6.39. The van der Waals surface area contributed by atoms with Crippen molar-refractivity contribution in [1.82, 2.24) is 4.90 Å². The van der Waals surface area contributed by atoms with E-state index in [9.17, 15) is 0 Å². The molecular weight excluding hydrogens is 184 g/mol. The van der Waals surface area contributed by atoms with E-state index in [-0.39, 0.29) is 0 Å². The van der Waals surface area contributed by atoms with Crippen LogP contribution in [0.5, 0.6) is 0 Å². The van der Waals surface area contributed by atoms with Crippen LogP contribution in [-0.2, 0) is 0 Å². The first-order valence-corrected chi connectivity index (χ1v) is 6.54. The van der Waals surface area contributed by atoms with Crippen molar-refractivity contribution in [3.05, 3.63) is 0 Å². The van der Waals surface area contributed by atoms with Gasteiger partial charge in [0.2, 0.25) is 0 Å². The van der Waals surface area contributed by atoms with Crippen LogP contribution in [0.3, 0.4) is 0 Å². The zero-order chi connectivity index (χ0) is 10.6. The lowest BCUT2D eigenvalue weighted by Gasteiger charge is -2.63. The molecule has 86 valence electrons. The molecule has 15 heavy (non-hydrogen) atoms. The van der Waals surface area contributed by atoms with Gasteiger partial charge in [-0.3, -0.25) is 0 Å². The van der Waals surface area contributed by atoms with Crippen LogP contribution in [0.4, 0.5) is 0 Å². The Morgan fingerprint density at radius 3 is 1.80 bits per heavy atom. The molecule has 0 aliphatic heterocycles. The highest BCUT2D eigenvalue weighted by Crippen LogP contribution is 2.59. The largest absolute Gasteiger partial charge is 0.329 e. The van der Waals surface area contributed by atoms with E-state index >= 15 is 0 Å². The van der Waals surface area contributed by atoms with Gasteiger partial charge in [0.25, 0.3) is 0 Å². The summed E-state index contributed by atoms with van der Waals surface area (Å²) in [5.41, 5.74) is 6.50. The van der Waals surface area contributed by atoms with E-state index in [2.05, 4.69) is 19.0 Å². The first-order valence-electron chi connectivity index (χ1n) is 6.54. The third kappa shape index (κ3) is 1.18. The molecule has 4 bridgehead atoms. The number of rotatable bonds is 2. The molecule has 0 heterocycles. The third-order valence-electron chi connectivity index (χ3n) is 5.71. The summed E-state index contributed by atoms with van der Waals surface area (Å²) in [6, 6.07) is 0. The number of likely N-dealkylation sites (N-methyl/N-ethyl adjacent to an activating group) is 1. The van der Waals surface area contributed by atoms with Gasteiger partial charge in [-0.2, -0.15) is 0 Å². The zero-order valence-corrected chi connectivity index (χ0v) is 10.1. The zero-order valence-electron chi connectivity index (χ0n) is 10.1. The fourth-order valence-corrected chi connectivity index (χ4v) is 5.25. The van der Waals surface area contributed by atoms with Crippen LogP contribution < -0.4 is 5.73 Å². The molecule has 2 nitrogen and oxygen atoms in total. The minimum absolute atomic E-state index is 0.355. The van der Waals surface area contributed by atoms with Crippen molar-refractivity contribution in [2.45, 2.75) is 37.6 Å². The summed E-state index contributed by atoms with van der Waals surface area (Å²) in [7, 11) is 4.49. The Bertz CT molecular complexity index is 231. The molecule has 4 aliphatic carbocycles. The normalized spacial score (nSPS) is 52.8. The maximum absolute atomic E-state index is 6.15. The quantitative estimate of drug-likeness (QED) is 0.748. The van der Waals surface area contributed by atoms with Crippen molar-refractivity contribution in [2.75, 3.05) is 20.6 Å². The number of nitrogens with zero attached hydrogens (tertiary/aromatic N) is 1. The molecule has 2 N–H and O–H groups in total. The summed E-state index contributed by atoms with van der Waals surface area (Å²) >= 11 is 0. The van der Waals surface area contributed by atoms with Crippen LogP contribution in [0.1, 0.15) is 32.1 Å². The van der Waals surface area contributed by atoms with Crippen molar-refractivity contribution in [2.24, 2.45) is 29.4 Å². The maximum atomic E-state index is 6.15. The van der Waals surface area contributed by atoms with Crippen LogP contribution in [0.2, 0.25) is 0 Å². The van der Waals surface area contributed by atoms with Crippen molar-refractivity contribution >= 4 is 0 Å². The van der Waals surface area contributed by atoms with Gasteiger partial charge in [-0.1, -0.05) is 0 Å². The molecule has 0 amide bonds. The van der Waals surface area contributed by atoms with Crippen molar-refractivity contribution in [1.29, 1.82) is 0 Å². The van der Waals surface area contributed by atoms with Crippen LogP contribution in [0.25, 0.3) is 0 Å². The summed E-state index contributed by atoms with van der Waals surface area (Å²) in [6.07, 6.45) is 7.37. The lowest BCUT2D eigenvalue weighted by molar-refractivity contribution is -0.115. The Hall–Kier alpha value is -0.0800. The Kier molecular flexibility index (Phi) is 2.16. The highest BCUT2D eigenvalue weighted by molar-refractivity contribution is 5.11. The number of hydrogen-bond acceptors (Lipinski definition) is 2. The predicted octanol–water partition coefficient (Wildman–Crippen LogP) is 1.70. The molecule has 4 saturated carbocycles. The van der Waals surface area contributed by atoms with E-state index in [0.717, 1.165) is 30.2 Å². The Labute approximate surface area is 93.2 Å². The lowest BCUT2D eigenvalue weighted by atomic mass is 9.48. The van der Waals surface area contributed by atoms with E-state index in [1.54, 1.807) is 0 Å². The lowest BCUT2D eigenvalue weighted by Crippen LogP contribution is -2.67. The molecule has 0 radical (unpaired) electrons. The first-order chi connectivity index (χ1) is 7.16. The van der Waals surface area contributed by atoms with Gasteiger partial charge < -0.3 is 10.6 Å². The first kappa shape index (κ1) is 10.1. The average Bonchev–Trinajstić information content (AvgIpc) is 2.16. The molecule has 0 saturated heterocycles. The maximum Gasteiger partial charge on any atom is 0.0382 e. The highest BCUT2D eigenvalue weighted by atomic mass is 15.2. The second-order valence-corrected chi connectivity index (χ2v) is 6.39. The summed E-state index contributed by atoms with van der Waals surface area (Å²) < 4.78 is 0. The summed E-state index contributed by atoms with van der Waals surface area (Å²) in [5.74, 6) is 3.89. The Morgan fingerprint density at radius 2 is 1.47 bits per heavy atom. The second kappa shape index (κ2) is 3.21. The summed E-state index contributed by atoms with van der Waals surface area (Å²) in [5, 5.41) is 0. The molecular formula is C13H24N2. The Morgan fingerprint density at radius 1 is 1.00 bits per heavy atom. The van der Waals surface area contributed by atoms with Crippen LogP contribution in [-0.4, -0.2) is 31.1 Å². The van der Waals surface area contributed by atoms with E-state index < -0.39 is 0 Å². The van der Waals surface area contributed by atoms with Crippen molar-refractivity contribution < 1.29 is 0 Å². The molecule has 0 aromatic heterocycles. The molecule has 4 fully saturated rings. The van der Waals surface area contributed by atoms with E-state index in [1.165, 1.54) is 32.1 Å². The van der Waals surface area contributed by atoms with Crippen molar-refractivity contribution in [3.8, 4) is 0 Å². The van der Waals surface area contributed by atoms with Gasteiger partial charge in [0.05, 0.1) is 0 Å².